The molecule has 0 aromatic heterocycles. The lowest BCUT2D eigenvalue weighted by Crippen LogP contribution is -2.41. The summed E-state index contributed by atoms with van der Waals surface area (Å²) in [5.74, 6) is -0.267. The number of aliphatic hydroxyl groups is 1. The van der Waals surface area contributed by atoms with Crippen molar-refractivity contribution in [2.45, 2.75) is 26.2 Å². The van der Waals surface area contributed by atoms with E-state index in [2.05, 4.69) is 15.4 Å². The molecule has 3 unspecified atom stereocenters. The van der Waals surface area contributed by atoms with E-state index in [1.165, 1.54) is 0 Å². The van der Waals surface area contributed by atoms with Crippen LogP contribution in [0, 0.1) is 5.92 Å². The number of aliphatic imine (C=N–C) groups is 1. The number of hydrazone groups is 1. The van der Waals surface area contributed by atoms with Crippen LogP contribution < -0.4 is 5.32 Å². The number of nitrogens with one attached hydrogen (secondary N) is 1. The Kier molecular flexibility index (Phi) is 4.12. The highest BCUT2D eigenvalue weighted by Crippen LogP contribution is 2.30. The first-order valence-electron chi connectivity index (χ1n) is 6.91. The highest BCUT2D eigenvalue weighted by atomic mass is 35.5. The van der Waals surface area contributed by atoms with Crippen molar-refractivity contribution >= 4 is 40.8 Å². The van der Waals surface area contributed by atoms with Gasteiger partial charge in [-0.1, -0.05) is 23.2 Å². The van der Waals surface area contributed by atoms with E-state index in [1.807, 2.05) is 24.9 Å². The van der Waals surface area contributed by atoms with E-state index in [1.54, 1.807) is 24.4 Å². The molecule has 3 atom stereocenters. The van der Waals surface area contributed by atoms with Gasteiger partial charge in [-0.2, -0.15) is 5.10 Å². The number of hydrogen-bond acceptors (Lipinski definition) is 5. The summed E-state index contributed by atoms with van der Waals surface area (Å²) < 4.78 is 0. The number of allylic oxidation sites excluding steroid dienone is 2. The molecule has 0 amide bonds. The van der Waals surface area contributed by atoms with E-state index in [4.69, 9.17) is 23.2 Å². The zero-order valence-electron chi connectivity index (χ0n) is 12.2. The minimum absolute atomic E-state index is 0.234. The molecule has 2 N–H and O–H groups in total. The smallest absolute Gasteiger partial charge is 0.154 e. The molecule has 0 saturated heterocycles. The molecule has 0 aliphatic carbocycles. The summed E-state index contributed by atoms with van der Waals surface area (Å²) in [5, 5.41) is 20.7. The van der Waals surface area contributed by atoms with E-state index in [0.29, 0.717) is 15.7 Å². The van der Waals surface area contributed by atoms with Gasteiger partial charge in [0.05, 0.1) is 5.92 Å². The molecule has 2 aliphatic heterocycles. The Hall–Kier alpha value is -1.56. The van der Waals surface area contributed by atoms with Crippen molar-refractivity contribution in [1.29, 1.82) is 0 Å². The van der Waals surface area contributed by atoms with Gasteiger partial charge in [0.1, 0.15) is 6.23 Å². The summed E-state index contributed by atoms with van der Waals surface area (Å²) in [6.45, 7) is 3.91. The van der Waals surface area contributed by atoms with Crippen LogP contribution in [-0.2, 0) is 0 Å². The fraction of sp³-hybridized carbons (Fsp3) is 0.333. The van der Waals surface area contributed by atoms with Crippen molar-refractivity contribution in [2.24, 2.45) is 16.0 Å². The quantitative estimate of drug-likeness (QED) is 0.831. The predicted octanol–water partition coefficient (Wildman–Crippen LogP) is 3.35. The van der Waals surface area contributed by atoms with Crippen molar-refractivity contribution in [3.8, 4) is 0 Å². The van der Waals surface area contributed by atoms with Gasteiger partial charge >= 0.3 is 0 Å². The Balaban J connectivity index is 1.77. The van der Waals surface area contributed by atoms with E-state index < -0.39 is 6.23 Å². The van der Waals surface area contributed by atoms with Gasteiger partial charge in [-0.05, 0) is 38.1 Å². The second-order valence-corrected chi connectivity index (χ2v) is 6.28. The van der Waals surface area contributed by atoms with Gasteiger partial charge in [-0.25, -0.2) is 5.01 Å². The lowest BCUT2D eigenvalue weighted by atomic mass is 10.0. The molecule has 0 bridgehead atoms. The molecule has 1 aromatic carbocycles. The third-order valence-electron chi connectivity index (χ3n) is 3.61. The van der Waals surface area contributed by atoms with Gasteiger partial charge in [-0.15, -0.1) is 0 Å². The zero-order valence-corrected chi connectivity index (χ0v) is 13.7. The number of aliphatic hydroxyl groups excluding tert-OH is 1. The molecule has 22 heavy (non-hydrogen) atoms. The molecule has 0 spiro atoms. The third kappa shape index (κ3) is 2.97. The summed E-state index contributed by atoms with van der Waals surface area (Å²) >= 11 is 11.9. The molecule has 5 nitrogen and oxygen atoms in total. The minimum Gasteiger partial charge on any atom is -0.373 e. The number of hydrogen-bond donors (Lipinski definition) is 2. The first-order chi connectivity index (χ1) is 10.4. The summed E-state index contributed by atoms with van der Waals surface area (Å²) in [6.07, 6.45) is 2.60. The zero-order chi connectivity index (χ0) is 15.9. The van der Waals surface area contributed by atoms with Crippen LogP contribution in [0.3, 0.4) is 0 Å². The Bertz CT molecular complexity index is 666. The normalized spacial score (nSPS) is 24.7. The molecule has 1 aromatic rings. The Morgan fingerprint density at radius 3 is 2.59 bits per heavy atom. The second-order valence-electron chi connectivity index (χ2n) is 5.40. The van der Waals surface area contributed by atoms with Crippen LogP contribution in [0.25, 0.3) is 0 Å². The average Bonchev–Trinajstić information content (AvgIpc) is 2.81. The largest absolute Gasteiger partial charge is 0.373 e. The average molecular weight is 339 g/mol. The van der Waals surface area contributed by atoms with Crippen LogP contribution >= 0.6 is 23.2 Å². The van der Waals surface area contributed by atoms with Crippen molar-refractivity contribution in [2.75, 3.05) is 5.32 Å². The number of nitrogens with zero attached hydrogens (tertiary/aromatic N) is 3. The van der Waals surface area contributed by atoms with Crippen LogP contribution in [0.1, 0.15) is 13.8 Å². The monoisotopic (exact) mass is 338 g/mol. The maximum absolute atomic E-state index is 10.5. The number of benzene rings is 1. The number of halogens is 2. The van der Waals surface area contributed by atoms with Gasteiger partial charge in [0.15, 0.2) is 6.17 Å². The third-order valence-corrected chi connectivity index (χ3v) is 4.05. The van der Waals surface area contributed by atoms with E-state index >= 15 is 0 Å². The summed E-state index contributed by atoms with van der Waals surface area (Å²) in [4.78, 5) is 4.56. The SMILES string of the molecule is CC1=CC(C)=NC2C(C(O)Nc3cc(Cl)cc(Cl)c3)C=NN12. The molecule has 0 radical (unpaired) electrons. The molecule has 0 fully saturated rings. The number of anilines is 1. The fourth-order valence-corrected chi connectivity index (χ4v) is 3.19. The predicted molar refractivity (Wildman–Crippen MR) is 90.6 cm³/mol. The summed E-state index contributed by atoms with van der Waals surface area (Å²) in [5.41, 5.74) is 2.59. The first-order valence-corrected chi connectivity index (χ1v) is 7.66. The van der Waals surface area contributed by atoms with Crippen molar-refractivity contribution in [3.05, 3.63) is 40.0 Å². The van der Waals surface area contributed by atoms with E-state index in [0.717, 1.165) is 11.4 Å². The maximum atomic E-state index is 10.5. The Morgan fingerprint density at radius 2 is 1.91 bits per heavy atom. The van der Waals surface area contributed by atoms with Gasteiger partial charge < -0.3 is 10.4 Å². The molecule has 3 rings (SSSR count). The maximum Gasteiger partial charge on any atom is 0.154 e. The van der Waals surface area contributed by atoms with Crippen molar-refractivity contribution < 1.29 is 5.11 Å². The van der Waals surface area contributed by atoms with Gasteiger partial charge in [0.2, 0.25) is 0 Å². The second kappa shape index (κ2) is 5.91. The van der Waals surface area contributed by atoms with Crippen LogP contribution in [0.4, 0.5) is 5.69 Å². The highest BCUT2D eigenvalue weighted by molar-refractivity contribution is 6.35. The lowest BCUT2D eigenvalue weighted by Gasteiger charge is -2.30. The summed E-state index contributed by atoms with van der Waals surface area (Å²) in [7, 11) is 0. The molecule has 0 saturated carbocycles. The highest BCUT2D eigenvalue weighted by Gasteiger charge is 2.38. The number of fused-ring (bicyclic) bond motifs is 1. The lowest BCUT2D eigenvalue weighted by molar-refractivity contribution is 0.124. The molecule has 116 valence electrons. The van der Waals surface area contributed by atoms with Crippen molar-refractivity contribution in [1.82, 2.24) is 5.01 Å². The molecule has 7 heteroatoms. The van der Waals surface area contributed by atoms with Gasteiger partial charge in [0.25, 0.3) is 0 Å². The van der Waals surface area contributed by atoms with Crippen LogP contribution in [-0.4, -0.2) is 34.4 Å². The minimum atomic E-state index is -0.851. The fourth-order valence-electron chi connectivity index (χ4n) is 2.66. The van der Waals surface area contributed by atoms with Gasteiger partial charge in [0, 0.05) is 33.4 Å². The summed E-state index contributed by atoms with van der Waals surface area (Å²) in [6, 6.07) is 5.06. The molecule has 2 heterocycles. The first kappa shape index (κ1) is 15.3. The van der Waals surface area contributed by atoms with Gasteiger partial charge in [-0.3, -0.25) is 4.99 Å². The Morgan fingerprint density at radius 1 is 1.23 bits per heavy atom. The standard InChI is InChI=1S/C15H16Cl2N4O/c1-8-3-9(2)21-14(19-8)13(7-18-21)15(22)20-12-5-10(16)4-11(17)6-12/h3-7,13-15,20,22H,1-2H3. The van der Waals surface area contributed by atoms with Crippen LogP contribution in [0.15, 0.2) is 40.1 Å². The number of rotatable bonds is 3. The molecular weight excluding hydrogens is 323 g/mol. The van der Waals surface area contributed by atoms with Crippen molar-refractivity contribution in [3.63, 3.8) is 0 Å². The molecular formula is C15H16Cl2N4O. The van der Waals surface area contributed by atoms with Crippen LogP contribution in [0.2, 0.25) is 10.0 Å². The Labute approximate surface area is 138 Å². The van der Waals surface area contributed by atoms with E-state index in [-0.39, 0.29) is 12.1 Å². The van der Waals surface area contributed by atoms with Crippen LogP contribution in [0.5, 0.6) is 0 Å². The topological polar surface area (TPSA) is 60.2 Å². The van der Waals surface area contributed by atoms with E-state index in [9.17, 15) is 5.11 Å². The molecule has 2 aliphatic rings.